The van der Waals surface area contributed by atoms with Crippen molar-refractivity contribution in [3.05, 3.63) is 33.9 Å². The number of H-pyrrole nitrogens is 1. The third-order valence-corrected chi connectivity index (χ3v) is 4.32. The molecular formula is C14H14N4O4. The van der Waals surface area contributed by atoms with E-state index in [1.165, 1.54) is 15.6 Å². The van der Waals surface area contributed by atoms with Gasteiger partial charge in [-0.3, -0.25) is 19.5 Å². The summed E-state index contributed by atoms with van der Waals surface area (Å²) in [7, 11) is 0. The molecule has 0 bridgehead atoms. The first-order chi connectivity index (χ1) is 10.5. The van der Waals surface area contributed by atoms with Crippen molar-refractivity contribution in [2.24, 2.45) is 11.8 Å². The standard InChI is InChI=1S/C14H14N4O4/c1-7-2-11-15-3-9(13(20)18(11)16-7)12(19)17-4-8-6-22-14(21)10(8)5-17/h2-3,8,10,16H,4-6H2,1H3/t8-,10-/m1/s1. The SMILES string of the molecule is Cc1cc2ncc(C(=O)N3C[C@@H]4COC(=O)[C@@H]4C3)c(=O)n2[nH]1. The van der Waals surface area contributed by atoms with Crippen LogP contribution in [0.3, 0.4) is 0 Å². The smallest absolute Gasteiger partial charge is 0.311 e. The zero-order chi connectivity index (χ0) is 15.4. The average molecular weight is 302 g/mol. The summed E-state index contributed by atoms with van der Waals surface area (Å²) in [4.78, 5) is 42.2. The van der Waals surface area contributed by atoms with Gasteiger partial charge in [-0.25, -0.2) is 9.50 Å². The fraction of sp³-hybridized carbons (Fsp3) is 0.429. The number of ether oxygens (including phenoxy) is 1. The zero-order valence-corrected chi connectivity index (χ0v) is 11.9. The first kappa shape index (κ1) is 13.1. The van der Waals surface area contributed by atoms with Crippen LogP contribution >= 0.6 is 0 Å². The molecule has 2 aromatic heterocycles. The lowest BCUT2D eigenvalue weighted by molar-refractivity contribution is -0.141. The van der Waals surface area contributed by atoms with E-state index in [9.17, 15) is 14.4 Å². The zero-order valence-electron chi connectivity index (χ0n) is 11.9. The van der Waals surface area contributed by atoms with Gasteiger partial charge >= 0.3 is 5.97 Å². The topological polar surface area (TPSA) is 96.8 Å². The van der Waals surface area contributed by atoms with Crippen LogP contribution in [0.5, 0.6) is 0 Å². The fourth-order valence-corrected chi connectivity index (χ4v) is 3.17. The largest absolute Gasteiger partial charge is 0.465 e. The Balaban J connectivity index is 1.68. The maximum atomic E-state index is 12.6. The number of aromatic amines is 1. The van der Waals surface area contributed by atoms with Gasteiger partial charge in [0.25, 0.3) is 11.5 Å². The first-order valence-electron chi connectivity index (χ1n) is 7.08. The predicted octanol–water partition coefficient (Wildman–Crippen LogP) is -0.424. The molecule has 0 radical (unpaired) electrons. The number of nitrogens with zero attached hydrogens (tertiary/aromatic N) is 3. The number of hydrogen-bond donors (Lipinski definition) is 1. The van der Waals surface area contributed by atoms with E-state index in [1.807, 2.05) is 6.92 Å². The molecule has 2 aromatic rings. The van der Waals surface area contributed by atoms with E-state index in [-0.39, 0.29) is 29.3 Å². The highest BCUT2D eigenvalue weighted by atomic mass is 16.5. The van der Waals surface area contributed by atoms with Gasteiger partial charge in [-0.1, -0.05) is 0 Å². The number of likely N-dealkylation sites (tertiary alicyclic amines) is 1. The Labute approximate surface area is 124 Å². The fourth-order valence-electron chi connectivity index (χ4n) is 3.17. The number of nitrogens with one attached hydrogen (secondary N) is 1. The van der Waals surface area contributed by atoms with Gasteiger partial charge in [0.15, 0.2) is 5.65 Å². The average Bonchev–Trinajstić information content (AvgIpc) is 3.15. The van der Waals surface area contributed by atoms with Gasteiger partial charge in [-0.2, -0.15) is 0 Å². The van der Waals surface area contributed by atoms with Gasteiger partial charge in [0.05, 0.1) is 12.5 Å². The molecule has 2 fully saturated rings. The molecule has 0 aromatic carbocycles. The van der Waals surface area contributed by atoms with Crippen molar-refractivity contribution in [3.8, 4) is 0 Å². The van der Waals surface area contributed by atoms with Crippen LogP contribution in [-0.2, 0) is 9.53 Å². The van der Waals surface area contributed by atoms with Gasteiger partial charge in [0.1, 0.15) is 5.56 Å². The number of carbonyl (C=O) groups is 2. The molecule has 2 aliphatic heterocycles. The maximum Gasteiger partial charge on any atom is 0.311 e. The molecule has 2 saturated heterocycles. The minimum Gasteiger partial charge on any atom is -0.465 e. The molecule has 0 saturated carbocycles. The van der Waals surface area contributed by atoms with Crippen LogP contribution in [0.2, 0.25) is 0 Å². The second-order valence-electron chi connectivity index (χ2n) is 5.82. The predicted molar refractivity (Wildman–Crippen MR) is 74.4 cm³/mol. The third kappa shape index (κ3) is 1.76. The molecule has 114 valence electrons. The lowest BCUT2D eigenvalue weighted by atomic mass is 10.0. The molecule has 1 amide bonds. The molecule has 2 atom stereocenters. The van der Waals surface area contributed by atoms with Crippen molar-refractivity contribution in [1.82, 2.24) is 19.5 Å². The van der Waals surface area contributed by atoms with Crippen molar-refractivity contribution >= 4 is 17.5 Å². The monoisotopic (exact) mass is 302 g/mol. The van der Waals surface area contributed by atoms with Crippen LogP contribution in [-0.4, -0.2) is 51.1 Å². The van der Waals surface area contributed by atoms with E-state index in [0.717, 1.165) is 5.69 Å². The lowest BCUT2D eigenvalue weighted by Gasteiger charge is -2.16. The van der Waals surface area contributed by atoms with Gasteiger partial charge in [0.2, 0.25) is 0 Å². The summed E-state index contributed by atoms with van der Waals surface area (Å²) in [6, 6.07) is 1.73. The van der Waals surface area contributed by atoms with E-state index in [1.54, 1.807) is 6.07 Å². The highest BCUT2D eigenvalue weighted by Crippen LogP contribution is 2.30. The van der Waals surface area contributed by atoms with E-state index in [4.69, 9.17) is 4.74 Å². The normalized spacial score (nSPS) is 23.9. The summed E-state index contributed by atoms with van der Waals surface area (Å²) in [6.07, 6.45) is 1.31. The van der Waals surface area contributed by atoms with Crippen LogP contribution in [0.4, 0.5) is 0 Å². The molecule has 1 N–H and O–H groups in total. The molecule has 0 aliphatic carbocycles. The van der Waals surface area contributed by atoms with Crippen molar-refractivity contribution in [3.63, 3.8) is 0 Å². The van der Waals surface area contributed by atoms with Gasteiger partial charge in [-0.05, 0) is 6.92 Å². The summed E-state index contributed by atoms with van der Waals surface area (Å²) in [6.45, 7) is 2.89. The summed E-state index contributed by atoms with van der Waals surface area (Å²) in [5.41, 5.74) is 0.837. The molecule has 8 nitrogen and oxygen atoms in total. The Morgan fingerprint density at radius 3 is 3.00 bits per heavy atom. The first-order valence-corrected chi connectivity index (χ1v) is 7.08. The number of hydrogen-bond acceptors (Lipinski definition) is 5. The van der Waals surface area contributed by atoms with Gasteiger partial charge in [0, 0.05) is 37.0 Å². The maximum absolute atomic E-state index is 12.6. The Morgan fingerprint density at radius 1 is 1.41 bits per heavy atom. The molecular weight excluding hydrogens is 288 g/mol. The Kier molecular flexibility index (Phi) is 2.63. The van der Waals surface area contributed by atoms with Gasteiger partial charge in [-0.15, -0.1) is 0 Å². The number of fused-ring (bicyclic) bond motifs is 2. The van der Waals surface area contributed by atoms with Crippen LogP contribution in [0.1, 0.15) is 16.1 Å². The summed E-state index contributed by atoms with van der Waals surface area (Å²) in [5, 5.41) is 2.86. The summed E-state index contributed by atoms with van der Waals surface area (Å²) in [5.74, 6) is -0.883. The van der Waals surface area contributed by atoms with Crippen molar-refractivity contribution in [2.75, 3.05) is 19.7 Å². The number of aromatic nitrogens is 3. The Hall–Kier alpha value is -2.64. The Morgan fingerprint density at radius 2 is 2.23 bits per heavy atom. The van der Waals surface area contributed by atoms with Crippen molar-refractivity contribution in [2.45, 2.75) is 6.92 Å². The molecule has 2 aliphatic rings. The molecule has 22 heavy (non-hydrogen) atoms. The number of esters is 1. The van der Waals surface area contributed by atoms with Crippen LogP contribution in [0, 0.1) is 18.8 Å². The summed E-state index contributed by atoms with van der Waals surface area (Å²) < 4.78 is 6.24. The lowest BCUT2D eigenvalue weighted by Crippen LogP contribution is -2.35. The van der Waals surface area contributed by atoms with E-state index in [0.29, 0.717) is 25.3 Å². The quantitative estimate of drug-likeness (QED) is 0.721. The van der Waals surface area contributed by atoms with E-state index in [2.05, 4.69) is 10.1 Å². The number of carbonyl (C=O) groups excluding carboxylic acids is 2. The summed E-state index contributed by atoms with van der Waals surface area (Å²) >= 11 is 0. The molecule has 4 heterocycles. The van der Waals surface area contributed by atoms with Crippen LogP contribution in [0.25, 0.3) is 5.65 Å². The number of aryl methyl sites for hydroxylation is 1. The van der Waals surface area contributed by atoms with Crippen LogP contribution < -0.4 is 5.56 Å². The minimum atomic E-state index is -0.428. The Bertz CT molecular complexity index is 852. The van der Waals surface area contributed by atoms with E-state index < -0.39 is 5.56 Å². The minimum absolute atomic E-state index is 0.00712. The third-order valence-electron chi connectivity index (χ3n) is 4.32. The number of cyclic esters (lactones) is 1. The molecule has 8 heteroatoms. The van der Waals surface area contributed by atoms with E-state index >= 15 is 0 Å². The second-order valence-corrected chi connectivity index (χ2v) is 5.82. The second kappa shape index (κ2) is 4.43. The van der Waals surface area contributed by atoms with Crippen molar-refractivity contribution < 1.29 is 14.3 Å². The highest BCUT2D eigenvalue weighted by Gasteiger charge is 2.45. The van der Waals surface area contributed by atoms with Gasteiger partial charge < -0.3 is 9.64 Å². The van der Waals surface area contributed by atoms with Crippen LogP contribution in [0.15, 0.2) is 17.1 Å². The molecule has 0 unspecified atom stereocenters. The number of rotatable bonds is 1. The molecule has 4 rings (SSSR count). The molecule has 0 spiro atoms. The van der Waals surface area contributed by atoms with Crippen molar-refractivity contribution in [1.29, 1.82) is 0 Å². The number of amides is 1. The highest BCUT2D eigenvalue weighted by molar-refractivity contribution is 5.94.